The summed E-state index contributed by atoms with van der Waals surface area (Å²) < 4.78 is 16.0. The van der Waals surface area contributed by atoms with E-state index >= 15 is 0 Å². The van der Waals surface area contributed by atoms with Crippen LogP contribution in [-0.2, 0) is 4.79 Å². The van der Waals surface area contributed by atoms with Crippen LogP contribution in [0.2, 0.25) is 0 Å². The Kier molecular flexibility index (Phi) is 4.33. The highest BCUT2D eigenvalue weighted by Crippen LogP contribution is 2.35. The largest absolute Gasteiger partial charge is 0.484 e. The summed E-state index contributed by atoms with van der Waals surface area (Å²) in [6.45, 7) is 2.37. The van der Waals surface area contributed by atoms with E-state index in [-0.39, 0.29) is 19.3 Å². The fraction of sp³-hybridized carbons (Fsp3) is 0.316. The topological polar surface area (TPSA) is 60.0 Å². The van der Waals surface area contributed by atoms with Crippen molar-refractivity contribution in [1.82, 2.24) is 0 Å². The second kappa shape index (κ2) is 6.93. The van der Waals surface area contributed by atoms with Gasteiger partial charge in [0.2, 0.25) is 6.79 Å². The third-order valence-electron chi connectivity index (χ3n) is 4.34. The number of benzene rings is 2. The third kappa shape index (κ3) is 3.63. The van der Waals surface area contributed by atoms with Crippen molar-refractivity contribution in [3.8, 4) is 17.2 Å². The van der Waals surface area contributed by atoms with Gasteiger partial charge in [0.15, 0.2) is 18.1 Å². The number of nitrogens with zero attached hydrogens (tertiary/aromatic N) is 1. The minimum absolute atomic E-state index is 0.0620. The Morgan fingerprint density at radius 1 is 1.04 bits per heavy atom. The number of rotatable bonds is 5. The molecule has 2 heterocycles. The van der Waals surface area contributed by atoms with Crippen molar-refractivity contribution in [2.45, 2.75) is 12.8 Å². The Labute approximate surface area is 146 Å². The Balaban J connectivity index is 1.30. The molecule has 1 amide bonds. The van der Waals surface area contributed by atoms with Crippen molar-refractivity contribution < 1.29 is 19.0 Å². The summed E-state index contributed by atoms with van der Waals surface area (Å²) in [5.74, 6) is 1.70. The first-order valence-electron chi connectivity index (χ1n) is 8.45. The van der Waals surface area contributed by atoms with E-state index in [1.165, 1.54) is 18.5 Å². The van der Waals surface area contributed by atoms with Gasteiger partial charge in [-0.1, -0.05) is 0 Å². The summed E-state index contributed by atoms with van der Waals surface area (Å²) in [4.78, 5) is 14.4. The van der Waals surface area contributed by atoms with Gasteiger partial charge in [0.05, 0.1) is 0 Å². The number of amides is 1. The molecule has 2 aromatic rings. The highest BCUT2D eigenvalue weighted by atomic mass is 16.7. The minimum atomic E-state index is -0.202. The summed E-state index contributed by atoms with van der Waals surface area (Å²) >= 11 is 0. The predicted molar refractivity (Wildman–Crippen MR) is 94.6 cm³/mol. The van der Waals surface area contributed by atoms with Gasteiger partial charge in [0, 0.05) is 30.5 Å². The molecule has 6 nitrogen and oxygen atoms in total. The van der Waals surface area contributed by atoms with Crippen LogP contribution in [0.4, 0.5) is 11.4 Å². The van der Waals surface area contributed by atoms with Crippen LogP contribution < -0.4 is 24.4 Å². The van der Waals surface area contributed by atoms with Crippen molar-refractivity contribution in [3.05, 3.63) is 42.5 Å². The second-order valence-corrected chi connectivity index (χ2v) is 6.09. The smallest absolute Gasteiger partial charge is 0.262 e. The Hall–Kier alpha value is -2.89. The maximum Gasteiger partial charge on any atom is 0.262 e. The standard InChI is InChI=1S/C19H20N2O4/c22-19(12-23-16-7-8-17-18(11-16)25-13-24-17)20-14-3-5-15(6-4-14)21-9-1-2-10-21/h3-8,11H,1-2,9-10,12-13H2,(H,20,22). The molecule has 6 heteroatoms. The highest BCUT2D eigenvalue weighted by molar-refractivity contribution is 5.92. The highest BCUT2D eigenvalue weighted by Gasteiger charge is 2.15. The van der Waals surface area contributed by atoms with Gasteiger partial charge in [-0.2, -0.15) is 0 Å². The van der Waals surface area contributed by atoms with Crippen molar-refractivity contribution in [3.63, 3.8) is 0 Å². The first kappa shape index (κ1) is 15.6. The van der Waals surface area contributed by atoms with E-state index in [9.17, 15) is 4.79 Å². The van der Waals surface area contributed by atoms with Gasteiger partial charge in [-0.3, -0.25) is 4.79 Å². The van der Waals surface area contributed by atoms with Crippen LogP contribution in [-0.4, -0.2) is 32.4 Å². The molecule has 0 spiro atoms. The van der Waals surface area contributed by atoms with Gasteiger partial charge in [-0.05, 0) is 49.2 Å². The molecule has 25 heavy (non-hydrogen) atoms. The van der Waals surface area contributed by atoms with Crippen LogP contribution in [0.3, 0.4) is 0 Å². The van der Waals surface area contributed by atoms with Crippen LogP contribution in [0.25, 0.3) is 0 Å². The molecule has 0 aliphatic carbocycles. The molecule has 2 aliphatic heterocycles. The molecule has 0 atom stereocenters. The van der Waals surface area contributed by atoms with Gasteiger partial charge < -0.3 is 24.4 Å². The lowest BCUT2D eigenvalue weighted by Gasteiger charge is -2.17. The van der Waals surface area contributed by atoms with Crippen molar-refractivity contribution in [1.29, 1.82) is 0 Å². The summed E-state index contributed by atoms with van der Waals surface area (Å²) in [5.41, 5.74) is 1.97. The number of ether oxygens (including phenoxy) is 3. The lowest BCUT2D eigenvalue weighted by molar-refractivity contribution is -0.118. The predicted octanol–water partition coefficient (Wildman–Crippen LogP) is 3.03. The summed E-state index contributed by atoms with van der Waals surface area (Å²) in [5, 5.41) is 2.84. The van der Waals surface area contributed by atoms with Crippen LogP contribution >= 0.6 is 0 Å². The molecule has 0 aromatic heterocycles. The van der Waals surface area contributed by atoms with Gasteiger partial charge in [-0.25, -0.2) is 0 Å². The quantitative estimate of drug-likeness (QED) is 0.907. The average Bonchev–Trinajstić information content (AvgIpc) is 3.32. The van der Waals surface area contributed by atoms with Crippen LogP contribution in [0.15, 0.2) is 42.5 Å². The molecule has 0 unspecified atom stereocenters. The van der Waals surface area contributed by atoms with Crippen molar-refractivity contribution >= 4 is 17.3 Å². The molecular weight excluding hydrogens is 320 g/mol. The summed E-state index contributed by atoms with van der Waals surface area (Å²) in [6, 6.07) is 13.2. The van der Waals surface area contributed by atoms with E-state index in [1.807, 2.05) is 24.3 Å². The molecule has 4 rings (SSSR count). The maximum absolute atomic E-state index is 12.1. The summed E-state index contributed by atoms with van der Waals surface area (Å²) in [6.07, 6.45) is 2.49. The number of carbonyl (C=O) groups is 1. The van der Waals surface area contributed by atoms with Crippen molar-refractivity contribution in [2.75, 3.05) is 36.7 Å². The molecule has 0 radical (unpaired) electrons. The van der Waals surface area contributed by atoms with E-state index in [1.54, 1.807) is 18.2 Å². The lowest BCUT2D eigenvalue weighted by atomic mass is 10.2. The second-order valence-electron chi connectivity index (χ2n) is 6.09. The first-order valence-corrected chi connectivity index (χ1v) is 8.45. The van der Waals surface area contributed by atoms with Crippen molar-refractivity contribution in [2.24, 2.45) is 0 Å². The Morgan fingerprint density at radius 2 is 1.80 bits per heavy atom. The molecule has 130 valence electrons. The fourth-order valence-corrected chi connectivity index (χ4v) is 3.04. The zero-order valence-electron chi connectivity index (χ0n) is 13.9. The monoisotopic (exact) mass is 340 g/mol. The van der Waals surface area contributed by atoms with Gasteiger partial charge >= 0.3 is 0 Å². The van der Waals surface area contributed by atoms with Gasteiger partial charge in [0.25, 0.3) is 5.91 Å². The Bertz CT molecular complexity index is 755. The molecule has 2 aromatic carbocycles. The molecule has 2 aliphatic rings. The van der Waals surface area contributed by atoms with E-state index in [2.05, 4.69) is 10.2 Å². The summed E-state index contributed by atoms with van der Waals surface area (Å²) in [7, 11) is 0. The zero-order valence-corrected chi connectivity index (χ0v) is 13.9. The van der Waals surface area contributed by atoms with Gasteiger partial charge in [0.1, 0.15) is 5.75 Å². The van der Waals surface area contributed by atoms with E-state index < -0.39 is 0 Å². The molecule has 1 saturated heterocycles. The number of nitrogens with one attached hydrogen (secondary N) is 1. The third-order valence-corrected chi connectivity index (χ3v) is 4.34. The van der Waals surface area contributed by atoms with Gasteiger partial charge in [-0.15, -0.1) is 0 Å². The van der Waals surface area contributed by atoms with E-state index in [4.69, 9.17) is 14.2 Å². The molecule has 0 saturated carbocycles. The minimum Gasteiger partial charge on any atom is -0.484 e. The first-order chi connectivity index (χ1) is 12.3. The normalized spacial score (nSPS) is 15.3. The Morgan fingerprint density at radius 3 is 2.60 bits per heavy atom. The van der Waals surface area contributed by atoms with Crippen LogP contribution in [0.1, 0.15) is 12.8 Å². The van der Waals surface area contributed by atoms with Crippen LogP contribution in [0, 0.1) is 0 Å². The fourth-order valence-electron chi connectivity index (χ4n) is 3.04. The number of carbonyl (C=O) groups excluding carboxylic acids is 1. The molecule has 0 bridgehead atoms. The SMILES string of the molecule is O=C(COc1ccc2c(c1)OCO2)Nc1ccc(N2CCCC2)cc1. The van der Waals surface area contributed by atoms with E-state index in [0.717, 1.165) is 18.8 Å². The average molecular weight is 340 g/mol. The number of fused-ring (bicyclic) bond motifs is 1. The molecular formula is C19H20N2O4. The molecule has 1 N–H and O–H groups in total. The zero-order chi connectivity index (χ0) is 17.1. The molecule has 1 fully saturated rings. The van der Waals surface area contributed by atoms with E-state index in [0.29, 0.717) is 17.2 Å². The number of hydrogen-bond donors (Lipinski definition) is 1. The van der Waals surface area contributed by atoms with Crippen LogP contribution in [0.5, 0.6) is 17.2 Å². The number of anilines is 2. The lowest BCUT2D eigenvalue weighted by Crippen LogP contribution is -2.20. The number of hydrogen-bond acceptors (Lipinski definition) is 5. The maximum atomic E-state index is 12.1.